The van der Waals surface area contributed by atoms with Crippen LogP contribution < -0.4 is 15.3 Å². The van der Waals surface area contributed by atoms with Gasteiger partial charge in [-0.05, 0) is 62.4 Å². The summed E-state index contributed by atoms with van der Waals surface area (Å²) in [6, 6.07) is 13.1. The van der Waals surface area contributed by atoms with Gasteiger partial charge in [0.2, 0.25) is 0 Å². The molecule has 0 spiro atoms. The molecule has 1 fully saturated rings. The van der Waals surface area contributed by atoms with Gasteiger partial charge in [0, 0.05) is 52.0 Å². The van der Waals surface area contributed by atoms with Gasteiger partial charge in [-0.2, -0.15) is 0 Å². The number of nitrogens with zero attached hydrogens (tertiary/aromatic N) is 2. The molecule has 6 nitrogen and oxygen atoms in total. The standard InChI is InChI=1S/C26H27BrClN3O3/c1-16-24(20-14-18(27)9-10-22(20)30-25(16)31-12-4-5-13-31)26(34)29-15-17(8-11-23(32)33)19-6-2-3-7-21(19)28/h2-3,6-7,9-10,14,17H,4-5,8,11-13,15H2,1H3,(H,29,34)(H,32,33)/p-1. The van der Waals surface area contributed by atoms with Gasteiger partial charge in [0.25, 0.3) is 5.91 Å². The zero-order chi connectivity index (χ0) is 24.2. The van der Waals surface area contributed by atoms with E-state index in [0.717, 1.165) is 58.3 Å². The fraction of sp³-hybridized carbons (Fsp3) is 0.346. The van der Waals surface area contributed by atoms with Crippen LogP contribution in [0.4, 0.5) is 5.82 Å². The number of rotatable bonds is 8. The summed E-state index contributed by atoms with van der Waals surface area (Å²) in [4.78, 5) is 31.8. The molecular weight excluding hydrogens is 518 g/mol. The summed E-state index contributed by atoms with van der Waals surface area (Å²) in [5.41, 5.74) is 3.00. The van der Waals surface area contributed by atoms with Gasteiger partial charge in [0.05, 0.1) is 11.1 Å². The second kappa shape index (κ2) is 10.7. The number of carboxylic acid groups (broad SMARTS) is 1. The summed E-state index contributed by atoms with van der Waals surface area (Å²) in [6.45, 7) is 4.05. The van der Waals surface area contributed by atoms with E-state index >= 15 is 0 Å². The van der Waals surface area contributed by atoms with E-state index in [1.807, 2.05) is 43.3 Å². The number of benzene rings is 2. The number of carbonyl (C=O) groups excluding carboxylic acids is 2. The quantitative estimate of drug-likeness (QED) is 0.449. The maximum atomic E-state index is 13.6. The van der Waals surface area contributed by atoms with E-state index in [0.29, 0.717) is 17.0 Å². The van der Waals surface area contributed by atoms with E-state index in [4.69, 9.17) is 16.6 Å². The first-order chi connectivity index (χ1) is 16.3. The van der Waals surface area contributed by atoms with Crippen LogP contribution in [-0.4, -0.2) is 36.5 Å². The molecule has 4 rings (SSSR count). The normalized spacial score (nSPS) is 14.4. The van der Waals surface area contributed by atoms with E-state index in [9.17, 15) is 14.7 Å². The Bertz CT molecular complexity index is 1230. The van der Waals surface area contributed by atoms with Gasteiger partial charge in [-0.3, -0.25) is 4.79 Å². The molecule has 8 heteroatoms. The van der Waals surface area contributed by atoms with Crippen molar-refractivity contribution in [3.63, 3.8) is 0 Å². The van der Waals surface area contributed by atoms with Crippen molar-refractivity contribution in [2.75, 3.05) is 24.5 Å². The van der Waals surface area contributed by atoms with Crippen LogP contribution in [-0.2, 0) is 4.79 Å². The number of nitrogens with one attached hydrogen (secondary N) is 1. The maximum Gasteiger partial charge on any atom is 0.252 e. The topological polar surface area (TPSA) is 85.4 Å². The first-order valence-corrected chi connectivity index (χ1v) is 12.6. The number of aliphatic carboxylic acids is 1. The smallest absolute Gasteiger partial charge is 0.252 e. The zero-order valence-corrected chi connectivity index (χ0v) is 21.3. The molecule has 1 aliphatic heterocycles. The van der Waals surface area contributed by atoms with Gasteiger partial charge >= 0.3 is 0 Å². The van der Waals surface area contributed by atoms with E-state index in [1.165, 1.54) is 0 Å². The first kappa shape index (κ1) is 24.5. The number of hydrogen-bond acceptors (Lipinski definition) is 5. The molecule has 1 N–H and O–H groups in total. The predicted octanol–water partition coefficient (Wildman–Crippen LogP) is 4.60. The Labute approximate surface area is 212 Å². The Morgan fingerprint density at radius 3 is 2.65 bits per heavy atom. The number of pyridine rings is 1. The molecule has 1 aromatic heterocycles. The highest BCUT2D eigenvalue weighted by Gasteiger charge is 2.24. The van der Waals surface area contributed by atoms with Crippen molar-refractivity contribution in [1.82, 2.24) is 10.3 Å². The summed E-state index contributed by atoms with van der Waals surface area (Å²) < 4.78 is 0.868. The number of halogens is 2. The number of hydrogen-bond donors (Lipinski definition) is 1. The second-order valence-corrected chi connectivity index (χ2v) is 9.95. The Hall–Kier alpha value is -2.64. The lowest BCUT2D eigenvalue weighted by Crippen LogP contribution is -2.31. The SMILES string of the molecule is Cc1c(N2CCCC2)nc2ccc(Br)cc2c1C(=O)NCC(CCC(=O)[O-])c1ccccc1Cl. The van der Waals surface area contributed by atoms with Crippen molar-refractivity contribution in [3.05, 3.63) is 68.7 Å². The number of amides is 1. The Morgan fingerprint density at radius 1 is 1.21 bits per heavy atom. The highest BCUT2D eigenvalue weighted by atomic mass is 79.9. The summed E-state index contributed by atoms with van der Waals surface area (Å²) in [5, 5.41) is 15.5. The molecule has 1 atom stereocenters. The van der Waals surface area contributed by atoms with Gasteiger partial charge in [-0.25, -0.2) is 4.98 Å². The minimum Gasteiger partial charge on any atom is -0.550 e. The van der Waals surface area contributed by atoms with Crippen LogP contribution in [0.25, 0.3) is 10.9 Å². The van der Waals surface area contributed by atoms with E-state index in [1.54, 1.807) is 6.07 Å². The fourth-order valence-electron chi connectivity index (χ4n) is 4.62. The van der Waals surface area contributed by atoms with E-state index in [-0.39, 0.29) is 24.8 Å². The van der Waals surface area contributed by atoms with Crippen LogP contribution in [0.2, 0.25) is 5.02 Å². The molecular formula is C26H26BrClN3O3-. The lowest BCUT2D eigenvalue weighted by atomic mass is 9.93. The molecule has 2 heterocycles. The molecule has 3 aromatic rings. The van der Waals surface area contributed by atoms with Crippen LogP contribution in [0.5, 0.6) is 0 Å². The van der Waals surface area contributed by atoms with E-state index < -0.39 is 5.97 Å². The largest absolute Gasteiger partial charge is 0.550 e. The number of carbonyl (C=O) groups is 2. The Balaban J connectivity index is 1.67. The van der Waals surface area contributed by atoms with Crippen LogP contribution in [0.15, 0.2) is 46.9 Å². The van der Waals surface area contributed by atoms with Crippen LogP contribution >= 0.6 is 27.5 Å². The Kier molecular flexibility index (Phi) is 7.73. The molecule has 1 unspecified atom stereocenters. The molecule has 0 saturated carbocycles. The maximum absolute atomic E-state index is 13.6. The minimum atomic E-state index is -1.13. The Morgan fingerprint density at radius 2 is 1.94 bits per heavy atom. The van der Waals surface area contributed by atoms with Crippen molar-refractivity contribution in [2.45, 2.75) is 38.5 Å². The van der Waals surface area contributed by atoms with Crippen molar-refractivity contribution < 1.29 is 14.7 Å². The number of anilines is 1. The summed E-state index contributed by atoms with van der Waals surface area (Å²) in [5.74, 6) is -0.751. The molecule has 1 aliphatic rings. The van der Waals surface area contributed by atoms with Gasteiger partial charge in [0.1, 0.15) is 5.82 Å². The highest BCUT2D eigenvalue weighted by molar-refractivity contribution is 9.10. The predicted molar refractivity (Wildman–Crippen MR) is 136 cm³/mol. The summed E-state index contributed by atoms with van der Waals surface area (Å²) in [7, 11) is 0. The lowest BCUT2D eigenvalue weighted by molar-refractivity contribution is -0.305. The van der Waals surface area contributed by atoms with Crippen molar-refractivity contribution >= 4 is 56.1 Å². The highest BCUT2D eigenvalue weighted by Crippen LogP contribution is 2.32. The van der Waals surface area contributed by atoms with Gasteiger partial charge in [-0.1, -0.05) is 45.7 Å². The van der Waals surface area contributed by atoms with Crippen LogP contribution in [0.1, 0.15) is 53.1 Å². The van der Waals surface area contributed by atoms with Gasteiger partial charge in [-0.15, -0.1) is 0 Å². The first-order valence-electron chi connectivity index (χ1n) is 11.4. The van der Waals surface area contributed by atoms with Crippen molar-refractivity contribution in [2.24, 2.45) is 0 Å². The molecule has 34 heavy (non-hydrogen) atoms. The third-order valence-electron chi connectivity index (χ3n) is 6.35. The lowest BCUT2D eigenvalue weighted by Gasteiger charge is -2.23. The molecule has 2 aromatic carbocycles. The zero-order valence-electron chi connectivity index (χ0n) is 18.9. The molecule has 178 valence electrons. The monoisotopic (exact) mass is 542 g/mol. The number of carboxylic acids is 1. The minimum absolute atomic E-state index is 0.116. The third kappa shape index (κ3) is 5.36. The molecule has 0 radical (unpaired) electrons. The molecule has 1 saturated heterocycles. The third-order valence-corrected chi connectivity index (χ3v) is 7.19. The molecule has 0 bridgehead atoms. The van der Waals surface area contributed by atoms with Gasteiger partial charge < -0.3 is 20.1 Å². The van der Waals surface area contributed by atoms with Crippen molar-refractivity contribution in [1.29, 1.82) is 0 Å². The second-order valence-electron chi connectivity index (χ2n) is 8.63. The van der Waals surface area contributed by atoms with Crippen LogP contribution in [0.3, 0.4) is 0 Å². The molecule has 0 aliphatic carbocycles. The summed E-state index contributed by atoms with van der Waals surface area (Å²) >= 11 is 9.90. The van der Waals surface area contributed by atoms with Gasteiger partial charge in [0.15, 0.2) is 0 Å². The van der Waals surface area contributed by atoms with Crippen molar-refractivity contribution in [3.8, 4) is 0 Å². The average molecular weight is 544 g/mol. The van der Waals surface area contributed by atoms with Crippen LogP contribution in [0, 0.1) is 6.92 Å². The number of aromatic nitrogens is 1. The van der Waals surface area contributed by atoms with E-state index in [2.05, 4.69) is 26.1 Å². The average Bonchev–Trinajstić information content (AvgIpc) is 3.34. The fourth-order valence-corrected chi connectivity index (χ4v) is 5.27. The molecule has 1 amide bonds. The number of fused-ring (bicyclic) bond motifs is 1. The summed E-state index contributed by atoms with van der Waals surface area (Å²) in [6.07, 6.45) is 2.42.